The minimum atomic E-state index is -3.72. The summed E-state index contributed by atoms with van der Waals surface area (Å²) in [5, 5.41) is 0. The quantitative estimate of drug-likeness (QED) is 0.663. The number of ether oxygens (including phenoxy) is 3. The van der Waals surface area contributed by atoms with Crippen LogP contribution >= 0.6 is 15.9 Å². The fourth-order valence-electron chi connectivity index (χ4n) is 1.65. The fraction of sp³-hybridized carbons (Fsp3) is 0.538. The number of hydrogen-bond donors (Lipinski definition) is 1. The molecule has 0 unspecified atom stereocenters. The third kappa shape index (κ3) is 5.55. The minimum absolute atomic E-state index is 0.0275. The van der Waals surface area contributed by atoms with Crippen LogP contribution in [0.15, 0.2) is 27.6 Å². The number of nitrogens with one attached hydrogen (secondary N) is 1. The standard InChI is InChI=1S/C13H20BrNO5S/c1-4-19-13(20-5-2)9-15-21(16,17)12-8-10(14)6-7-11(12)18-3/h6-8,13,15H,4-5,9H2,1-3H3. The first kappa shape index (κ1) is 18.4. The first-order valence-electron chi connectivity index (χ1n) is 6.51. The summed E-state index contributed by atoms with van der Waals surface area (Å²) in [7, 11) is -2.30. The lowest BCUT2D eigenvalue weighted by atomic mass is 10.3. The highest BCUT2D eigenvalue weighted by atomic mass is 79.9. The topological polar surface area (TPSA) is 73.9 Å². The minimum Gasteiger partial charge on any atom is -0.495 e. The third-order valence-electron chi connectivity index (χ3n) is 2.56. The average Bonchev–Trinajstić information content (AvgIpc) is 2.45. The maximum atomic E-state index is 12.4. The van der Waals surface area contributed by atoms with Crippen molar-refractivity contribution in [2.24, 2.45) is 0 Å². The van der Waals surface area contributed by atoms with E-state index >= 15 is 0 Å². The highest BCUT2D eigenvalue weighted by Gasteiger charge is 2.21. The van der Waals surface area contributed by atoms with Gasteiger partial charge >= 0.3 is 0 Å². The van der Waals surface area contributed by atoms with Gasteiger partial charge < -0.3 is 14.2 Å². The zero-order valence-corrected chi connectivity index (χ0v) is 14.7. The highest BCUT2D eigenvalue weighted by molar-refractivity contribution is 9.10. The van der Waals surface area contributed by atoms with Gasteiger partial charge in [0.2, 0.25) is 10.0 Å². The molecule has 1 N–H and O–H groups in total. The van der Waals surface area contributed by atoms with Crippen LogP contribution in [0.1, 0.15) is 13.8 Å². The van der Waals surface area contributed by atoms with Gasteiger partial charge in [-0.3, -0.25) is 0 Å². The summed E-state index contributed by atoms with van der Waals surface area (Å²) in [5.41, 5.74) is 0. The molecule has 0 fully saturated rings. The summed E-state index contributed by atoms with van der Waals surface area (Å²) in [6.07, 6.45) is -0.618. The Morgan fingerprint density at radius 3 is 2.38 bits per heavy atom. The van der Waals surface area contributed by atoms with Crippen molar-refractivity contribution < 1.29 is 22.6 Å². The number of sulfonamides is 1. The number of methoxy groups -OCH3 is 1. The lowest BCUT2D eigenvalue weighted by Crippen LogP contribution is -2.35. The van der Waals surface area contributed by atoms with Crippen LogP contribution in [-0.2, 0) is 19.5 Å². The van der Waals surface area contributed by atoms with E-state index in [2.05, 4.69) is 20.7 Å². The van der Waals surface area contributed by atoms with E-state index < -0.39 is 16.3 Å². The number of benzene rings is 1. The molecule has 0 bridgehead atoms. The normalized spacial score (nSPS) is 11.9. The molecule has 0 saturated heterocycles. The first-order valence-corrected chi connectivity index (χ1v) is 8.78. The zero-order chi connectivity index (χ0) is 15.9. The molecule has 6 nitrogen and oxygen atoms in total. The van der Waals surface area contributed by atoms with Crippen molar-refractivity contribution in [3.8, 4) is 5.75 Å². The van der Waals surface area contributed by atoms with E-state index in [-0.39, 0.29) is 17.2 Å². The van der Waals surface area contributed by atoms with Gasteiger partial charge in [0.1, 0.15) is 10.6 Å². The lowest BCUT2D eigenvalue weighted by Gasteiger charge is -2.18. The second kappa shape index (κ2) is 8.70. The second-order valence-electron chi connectivity index (χ2n) is 3.99. The van der Waals surface area contributed by atoms with E-state index in [1.54, 1.807) is 12.1 Å². The Morgan fingerprint density at radius 2 is 1.86 bits per heavy atom. The molecule has 1 aromatic carbocycles. The Balaban J connectivity index is 2.88. The Kier molecular flexibility index (Phi) is 7.61. The monoisotopic (exact) mass is 381 g/mol. The van der Waals surface area contributed by atoms with Crippen LogP contribution in [0.5, 0.6) is 5.75 Å². The molecule has 1 aromatic rings. The largest absolute Gasteiger partial charge is 0.495 e. The molecule has 0 aliphatic rings. The summed E-state index contributed by atoms with van der Waals surface area (Å²) in [4.78, 5) is 0.0612. The average molecular weight is 382 g/mol. The predicted molar refractivity (Wildman–Crippen MR) is 82.9 cm³/mol. The van der Waals surface area contributed by atoms with E-state index in [0.29, 0.717) is 17.7 Å². The molecule has 0 aliphatic heterocycles. The summed E-state index contributed by atoms with van der Waals surface area (Å²) >= 11 is 3.25. The van der Waals surface area contributed by atoms with E-state index in [9.17, 15) is 8.42 Å². The van der Waals surface area contributed by atoms with Crippen LogP contribution in [0.3, 0.4) is 0 Å². The smallest absolute Gasteiger partial charge is 0.244 e. The molecular weight excluding hydrogens is 362 g/mol. The molecule has 8 heteroatoms. The van der Waals surface area contributed by atoms with Gasteiger partial charge in [-0.2, -0.15) is 0 Å². The third-order valence-corrected chi connectivity index (χ3v) is 4.50. The van der Waals surface area contributed by atoms with E-state index in [4.69, 9.17) is 14.2 Å². The number of rotatable bonds is 9. The molecule has 0 atom stereocenters. The summed E-state index contributed by atoms with van der Waals surface area (Å²) in [5.74, 6) is 0.273. The van der Waals surface area contributed by atoms with Crippen molar-refractivity contribution in [1.29, 1.82) is 0 Å². The van der Waals surface area contributed by atoms with Crippen LogP contribution in [0, 0.1) is 0 Å². The van der Waals surface area contributed by atoms with Crippen LogP contribution in [0.4, 0.5) is 0 Å². The van der Waals surface area contributed by atoms with Gasteiger partial charge in [-0.1, -0.05) is 15.9 Å². The van der Waals surface area contributed by atoms with Crippen LogP contribution in [-0.4, -0.2) is 41.6 Å². The fourth-order valence-corrected chi connectivity index (χ4v) is 3.38. The molecular formula is C13H20BrNO5S. The molecule has 120 valence electrons. The Morgan fingerprint density at radius 1 is 1.24 bits per heavy atom. The molecule has 0 aliphatic carbocycles. The first-order chi connectivity index (χ1) is 9.94. The van der Waals surface area contributed by atoms with Crippen molar-refractivity contribution >= 4 is 26.0 Å². The van der Waals surface area contributed by atoms with Gasteiger partial charge in [-0.15, -0.1) is 0 Å². The van der Waals surface area contributed by atoms with E-state index in [0.717, 1.165) is 0 Å². The van der Waals surface area contributed by atoms with E-state index in [1.807, 2.05) is 13.8 Å². The van der Waals surface area contributed by atoms with Crippen molar-refractivity contribution in [1.82, 2.24) is 4.72 Å². The Bertz CT molecular complexity index is 543. The molecule has 21 heavy (non-hydrogen) atoms. The van der Waals surface area contributed by atoms with Gasteiger partial charge in [0.15, 0.2) is 6.29 Å². The van der Waals surface area contributed by atoms with Crippen molar-refractivity contribution in [2.75, 3.05) is 26.9 Å². The van der Waals surface area contributed by atoms with E-state index in [1.165, 1.54) is 13.2 Å². The van der Waals surface area contributed by atoms with Crippen molar-refractivity contribution in [3.05, 3.63) is 22.7 Å². The van der Waals surface area contributed by atoms with Gasteiger partial charge in [0.25, 0.3) is 0 Å². The molecule has 0 amide bonds. The molecule has 0 saturated carbocycles. The van der Waals surface area contributed by atoms with Crippen molar-refractivity contribution in [3.63, 3.8) is 0 Å². The maximum Gasteiger partial charge on any atom is 0.244 e. The van der Waals surface area contributed by atoms with Gasteiger partial charge in [0, 0.05) is 17.7 Å². The Hall–Kier alpha value is -0.670. The maximum absolute atomic E-state index is 12.4. The SMILES string of the molecule is CCOC(CNS(=O)(=O)c1cc(Br)ccc1OC)OCC. The molecule has 0 heterocycles. The molecule has 0 radical (unpaired) electrons. The summed E-state index contributed by atoms with van der Waals surface area (Å²) in [6, 6.07) is 4.78. The summed E-state index contributed by atoms with van der Waals surface area (Å²) in [6.45, 7) is 4.54. The molecule has 0 spiro atoms. The van der Waals surface area contributed by atoms with Gasteiger partial charge in [-0.25, -0.2) is 13.1 Å². The molecule has 0 aromatic heterocycles. The zero-order valence-electron chi connectivity index (χ0n) is 12.3. The van der Waals surface area contributed by atoms with Crippen LogP contribution in [0.2, 0.25) is 0 Å². The second-order valence-corrected chi connectivity index (χ2v) is 6.64. The van der Waals surface area contributed by atoms with Gasteiger partial charge in [0.05, 0.1) is 13.7 Å². The number of hydrogen-bond acceptors (Lipinski definition) is 5. The molecule has 1 rings (SSSR count). The van der Waals surface area contributed by atoms with Gasteiger partial charge in [-0.05, 0) is 32.0 Å². The van der Waals surface area contributed by atoms with Crippen LogP contribution in [0.25, 0.3) is 0 Å². The lowest BCUT2D eigenvalue weighted by molar-refractivity contribution is -0.130. The Labute approximate surface area is 134 Å². The summed E-state index contributed by atoms with van der Waals surface area (Å²) < 4.78 is 43.5. The van der Waals surface area contributed by atoms with Crippen LogP contribution < -0.4 is 9.46 Å². The predicted octanol–water partition coefficient (Wildman–Crippen LogP) is 2.14. The highest BCUT2D eigenvalue weighted by Crippen LogP contribution is 2.27. The number of halogens is 1. The van der Waals surface area contributed by atoms with Crippen molar-refractivity contribution in [2.45, 2.75) is 25.0 Å².